The largest absolute Gasteiger partial charge is 0.497 e. The van der Waals surface area contributed by atoms with E-state index in [1.807, 2.05) is 12.1 Å². The van der Waals surface area contributed by atoms with Crippen molar-refractivity contribution < 1.29 is 14.3 Å². The number of anilines is 2. The maximum absolute atomic E-state index is 12.4. The van der Waals surface area contributed by atoms with Crippen molar-refractivity contribution in [1.82, 2.24) is 0 Å². The number of primary amides is 1. The molecule has 0 saturated heterocycles. The average Bonchev–Trinajstić information content (AvgIpc) is 3.14. The van der Waals surface area contributed by atoms with Crippen molar-refractivity contribution in [1.29, 1.82) is 0 Å². The van der Waals surface area contributed by atoms with Gasteiger partial charge in [0.1, 0.15) is 5.75 Å². The van der Waals surface area contributed by atoms with Crippen LogP contribution in [0.3, 0.4) is 0 Å². The minimum Gasteiger partial charge on any atom is -0.497 e. The summed E-state index contributed by atoms with van der Waals surface area (Å²) in [6.45, 7) is 0. The zero-order chi connectivity index (χ0) is 18.7. The van der Waals surface area contributed by atoms with Crippen LogP contribution in [0.5, 0.6) is 5.75 Å². The number of carbonyl (C=O) groups excluding carboxylic acids is 2. The van der Waals surface area contributed by atoms with E-state index >= 15 is 0 Å². The number of hydrogen-bond donors (Lipinski definition) is 3. The van der Waals surface area contributed by atoms with Gasteiger partial charge < -0.3 is 21.5 Å². The van der Waals surface area contributed by atoms with Crippen LogP contribution in [0.1, 0.15) is 20.0 Å². The van der Waals surface area contributed by atoms with Crippen molar-refractivity contribution >= 4 is 34.5 Å². The summed E-state index contributed by atoms with van der Waals surface area (Å²) in [5.41, 5.74) is 13.6. The first-order chi connectivity index (χ1) is 12.5. The van der Waals surface area contributed by atoms with E-state index in [-0.39, 0.29) is 5.91 Å². The monoisotopic (exact) mass is 367 g/mol. The van der Waals surface area contributed by atoms with Gasteiger partial charge in [-0.3, -0.25) is 9.59 Å². The first-order valence-corrected chi connectivity index (χ1v) is 8.54. The van der Waals surface area contributed by atoms with Crippen molar-refractivity contribution in [3.8, 4) is 16.2 Å². The van der Waals surface area contributed by atoms with E-state index in [9.17, 15) is 9.59 Å². The van der Waals surface area contributed by atoms with Crippen molar-refractivity contribution in [2.75, 3.05) is 18.2 Å². The fraction of sp³-hybridized carbons (Fsp3) is 0.0526. The Kier molecular flexibility index (Phi) is 4.90. The van der Waals surface area contributed by atoms with Gasteiger partial charge in [0.25, 0.3) is 11.8 Å². The van der Waals surface area contributed by atoms with Crippen LogP contribution >= 0.6 is 11.3 Å². The fourth-order valence-electron chi connectivity index (χ4n) is 2.38. The zero-order valence-corrected chi connectivity index (χ0v) is 14.8. The van der Waals surface area contributed by atoms with Gasteiger partial charge in [0, 0.05) is 10.4 Å². The predicted octanol–water partition coefficient (Wildman–Crippen LogP) is 3.36. The lowest BCUT2D eigenvalue weighted by Crippen LogP contribution is -2.13. The molecule has 0 aliphatic rings. The van der Waals surface area contributed by atoms with Crippen LogP contribution in [0, 0.1) is 0 Å². The molecule has 0 bridgehead atoms. The van der Waals surface area contributed by atoms with E-state index in [4.69, 9.17) is 16.2 Å². The van der Waals surface area contributed by atoms with E-state index in [1.54, 1.807) is 49.6 Å². The van der Waals surface area contributed by atoms with Crippen molar-refractivity contribution in [3.05, 3.63) is 65.0 Å². The lowest BCUT2D eigenvalue weighted by atomic mass is 10.1. The van der Waals surface area contributed by atoms with Crippen molar-refractivity contribution in [3.63, 3.8) is 0 Å². The number of methoxy groups -OCH3 is 1. The molecule has 26 heavy (non-hydrogen) atoms. The Balaban J connectivity index is 1.84. The van der Waals surface area contributed by atoms with Gasteiger partial charge in [0.05, 0.1) is 23.4 Å². The maximum Gasteiger partial charge on any atom is 0.258 e. The Morgan fingerprint density at radius 2 is 1.77 bits per heavy atom. The van der Waals surface area contributed by atoms with Gasteiger partial charge in [-0.2, -0.15) is 0 Å². The molecule has 2 amide bonds. The normalized spacial score (nSPS) is 10.3. The third-order valence-electron chi connectivity index (χ3n) is 3.79. The molecule has 0 atom stereocenters. The minimum absolute atomic E-state index is 0.277. The standard InChI is InChI=1S/C19H17N3O3S/c1-25-13-5-2-11(3-6-13)19(24)22-15-10-12(4-7-14(15)20)16-8-9-17(26-16)18(21)23/h2-10H,20H2,1H3,(H2,21,23)(H,22,24). The molecule has 132 valence electrons. The van der Waals surface area contributed by atoms with E-state index in [1.165, 1.54) is 11.3 Å². The first-order valence-electron chi connectivity index (χ1n) is 7.73. The third-order valence-corrected chi connectivity index (χ3v) is 4.94. The molecule has 1 aromatic heterocycles. The number of nitrogens with one attached hydrogen (secondary N) is 1. The van der Waals surface area contributed by atoms with Crippen LogP contribution in [0.25, 0.3) is 10.4 Å². The molecular formula is C19H17N3O3S. The second kappa shape index (κ2) is 7.28. The van der Waals surface area contributed by atoms with Crippen LogP contribution in [0.4, 0.5) is 11.4 Å². The van der Waals surface area contributed by atoms with Gasteiger partial charge in [-0.15, -0.1) is 11.3 Å². The summed E-state index contributed by atoms with van der Waals surface area (Å²) in [5, 5.41) is 2.81. The van der Waals surface area contributed by atoms with Crippen molar-refractivity contribution in [2.24, 2.45) is 5.73 Å². The van der Waals surface area contributed by atoms with E-state index in [0.29, 0.717) is 27.6 Å². The number of thiophene rings is 1. The van der Waals surface area contributed by atoms with Gasteiger partial charge in [-0.05, 0) is 54.1 Å². The van der Waals surface area contributed by atoms with Gasteiger partial charge in [-0.25, -0.2) is 0 Å². The molecule has 0 aliphatic carbocycles. The van der Waals surface area contributed by atoms with Crippen LogP contribution in [-0.4, -0.2) is 18.9 Å². The van der Waals surface area contributed by atoms with Gasteiger partial charge in [-0.1, -0.05) is 6.07 Å². The Hall–Kier alpha value is -3.32. The number of amides is 2. The summed E-state index contributed by atoms with van der Waals surface area (Å²) >= 11 is 1.29. The highest BCUT2D eigenvalue weighted by Crippen LogP contribution is 2.32. The summed E-state index contributed by atoms with van der Waals surface area (Å²) in [5.74, 6) is -0.0729. The molecule has 3 aromatic rings. The molecule has 0 aliphatic heterocycles. The predicted molar refractivity (Wildman–Crippen MR) is 104 cm³/mol. The summed E-state index contributed by atoms with van der Waals surface area (Å²) in [6, 6.07) is 15.6. The fourth-order valence-corrected chi connectivity index (χ4v) is 3.23. The van der Waals surface area contributed by atoms with E-state index < -0.39 is 5.91 Å². The van der Waals surface area contributed by atoms with Gasteiger partial charge in [0.15, 0.2) is 0 Å². The number of nitrogens with two attached hydrogens (primary N) is 2. The molecular weight excluding hydrogens is 350 g/mol. The molecule has 0 spiro atoms. The quantitative estimate of drug-likeness (QED) is 0.601. The number of hydrogen-bond acceptors (Lipinski definition) is 5. The topological polar surface area (TPSA) is 107 Å². The third kappa shape index (κ3) is 3.68. The highest BCUT2D eigenvalue weighted by molar-refractivity contribution is 7.17. The number of benzene rings is 2. The Bertz CT molecular complexity index is 964. The lowest BCUT2D eigenvalue weighted by molar-refractivity contribution is 0.100. The number of rotatable bonds is 5. The lowest BCUT2D eigenvalue weighted by Gasteiger charge is -2.10. The highest BCUT2D eigenvalue weighted by Gasteiger charge is 2.12. The van der Waals surface area contributed by atoms with E-state index in [0.717, 1.165) is 10.4 Å². The molecule has 2 aromatic carbocycles. The molecule has 5 N–H and O–H groups in total. The molecule has 0 radical (unpaired) electrons. The average molecular weight is 367 g/mol. The smallest absolute Gasteiger partial charge is 0.258 e. The van der Waals surface area contributed by atoms with E-state index in [2.05, 4.69) is 5.32 Å². The first kappa shape index (κ1) is 17.5. The molecule has 7 heteroatoms. The molecule has 0 fully saturated rings. The summed E-state index contributed by atoms with van der Waals surface area (Å²) in [6.07, 6.45) is 0. The number of carbonyl (C=O) groups is 2. The van der Waals surface area contributed by atoms with Crippen LogP contribution in [0.2, 0.25) is 0 Å². The van der Waals surface area contributed by atoms with Gasteiger partial charge >= 0.3 is 0 Å². The minimum atomic E-state index is -0.468. The molecule has 0 saturated carbocycles. The van der Waals surface area contributed by atoms with Crippen LogP contribution in [-0.2, 0) is 0 Å². The van der Waals surface area contributed by atoms with Gasteiger partial charge in [0.2, 0.25) is 0 Å². The molecule has 3 rings (SSSR count). The highest BCUT2D eigenvalue weighted by atomic mass is 32.1. The number of nitrogen functional groups attached to an aromatic ring is 1. The maximum atomic E-state index is 12.4. The second-order valence-corrected chi connectivity index (χ2v) is 6.60. The van der Waals surface area contributed by atoms with Crippen LogP contribution in [0.15, 0.2) is 54.6 Å². The zero-order valence-electron chi connectivity index (χ0n) is 14.0. The summed E-state index contributed by atoms with van der Waals surface area (Å²) in [7, 11) is 1.56. The number of ether oxygens (including phenoxy) is 1. The molecule has 0 unspecified atom stereocenters. The Morgan fingerprint density at radius 3 is 2.38 bits per heavy atom. The Labute approximate surface area is 154 Å². The SMILES string of the molecule is COc1ccc(C(=O)Nc2cc(-c3ccc(C(N)=O)s3)ccc2N)cc1. The summed E-state index contributed by atoms with van der Waals surface area (Å²) in [4.78, 5) is 25.0. The second-order valence-electron chi connectivity index (χ2n) is 5.51. The van der Waals surface area contributed by atoms with Crippen molar-refractivity contribution in [2.45, 2.75) is 0 Å². The van der Waals surface area contributed by atoms with Crippen LogP contribution < -0.4 is 21.5 Å². The molecule has 6 nitrogen and oxygen atoms in total. The molecule has 1 heterocycles. The Morgan fingerprint density at radius 1 is 1.04 bits per heavy atom. The summed E-state index contributed by atoms with van der Waals surface area (Å²) < 4.78 is 5.09.